The number of hydrogen-bond donors (Lipinski definition) is 3. The average Bonchev–Trinajstić information content (AvgIpc) is 2.35. The van der Waals surface area contributed by atoms with E-state index in [2.05, 4.69) is 17.2 Å². The SMILES string of the molecule is C=CCC(NC(=O)Nc1cc(Cl)c(C)cc1Cl)C(=O)O. The van der Waals surface area contributed by atoms with Gasteiger partial charge >= 0.3 is 12.0 Å². The van der Waals surface area contributed by atoms with Gasteiger partial charge in [0.05, 0.1) is 10.7 Å². The van der Waals surface area contributed by atoms with Crippen molar-refractivity contribution in [2.45, 2.75) is 19.4 Å². The number of urea groups is 1. The monoisotopic (exact) mass is 316 g/mol. The fraction of sp³-hybridized carbons (Fsp3) is 0.231. The second-order valence-electron chi connectivity index (χ2n) is 4.09. The van der Waals surface area contributed by atoms with Gasteiger partial charge in [0, 0.05) is 5.02 Å². The number of amides is 2. The number of rotatable bonds is 5. The molecule has 0 heterocycles. The Hall–Kier alpha value is -1.72. The number of carboxylic acid groups (broad SMARTS) is 1. The van der Waals surface area contributed by atoms with Crippen molar-refractivity contribution in [1.82, 2.24) is 5.32 Å². The first-order chi connectivity index (χ1) is 9.35. The Labute approximate surface area is 126 Å². The maximum Gasteiger partial charge on any atom is 0.326 e. The molecule has 0 aliphatic rings. The van der Waals surface area contributed by atoms with Crippen molar-refractivity contribution in [3.8, 4) is 0 Å². The number of carbonyl (C=O) groups is 2. The lowest BCUT2D eigenvalue weighted by Crippen LogP contribution is -2.42. The smallest absolute Gasteiger partial charge is 0.326 e. The second-order valence-corrected chi connectivity index (χ2v) is 4.91. The Morgan fingerprint density at radius 1 is 1.40 bits per heavy atom. The van der Waals surface area contributed by atoms with Gasteiger partial charge in [0.15, 0.2) is 0 Å². The van der Waals surface area contributed by atoms with E-state index in [0.717, 1.165) is 5.56 Å². The lowest BCUT2D eigenvalue weighted by molar-refractivity contribution is -0.139. The zero-order valence-corrected chi connectivity index (χ0v) is 12.3. The van der Waals surface area contributed by atoms with Crippen molar-refractivity contribution in [2.75, 3.05) is 5.32 Å². The van der Waals surface area contributed by atoms with Gasteiger partial charge in [-0.1, -0.05) is 29.3 Å². The van der Waals surface area contributed by atoms with E-state index in [4.69, 9.17) is 28.3 Å². The highest BCUT2D eigenvalue weighted by molar-refractivity contribution is 6.36. The largest absolute Gasteiger partial charge is 0.480 e. The molecule has 7 heteroatoms. The molecule has 3 N–H and O–H groups in total. The lowest BCUT2D eigenvalue weighted by Gasteiger charge is -2.14. The molecule has 2 amide bonds. The third-order valence-corrected chi connectivity index (χ3v) is 3.22. The van der Waals surface area contributed by atoms with Crippen LogP contribution >= 0.6 is 23.2 Å². The molecule has 0 aliphatic carbocycles. The molecule has 108 valence electrons. The number of anilines is 1. The summed E-state index contributed by atoms with van der Waals surface area (Å²) >= 11 is 11.9. The van der Waals surface area contributed by atoms with Crippen molar-refractivity contribution < 1.29 is 14.7 Å². The van der Waals surface area contributed by atoms with E-state index in [0.29, 0.717) is 15.7 Å². The third kappa shape index (κ3) is 4.43. The highest BCUT2D eigenvalue weighted by Gasteiger charge is 2.18. The van der Waals surface area contributed by atoms with Crippen LogP contribution < -0.4 is 10.6 Å². The number of benzene rings is 1. The molecule has 1 unspecified atom stereocenters. The normalized spacial score (nSPS) is 11.6. The Morgan fingerprint density at radius 3 is 2.60 bits per heavy atom. The summed E-state index contributed by atoms with van der Waals surface area (Å²) in [6.45, 7) is 5.22. The van der Waals surface area contributed by atoms with Gasteiger partial charge in [-0.25, -0.2) is 9.59 Å². The molecule has 0 radical (unpaired) electrons. The van der Waals surface area contributed by atoms with Gasteiger partial charge in [-0.3, -0.25) is 0 Å². The molecular formula is C13H14Cl2N2O3. The van der Waals surface area contributed by atoms with Crippen LogP contribution in [0.15, 0.2) is 24.8 Å². The Bertz CT molecular complexity index is 547. The number of carbonyl (C=O) groups excluding carboxylic acids is 1. The van der Waals surface area contributed by atoms with Crippen LogP contribution in [0.4, 0.5) is 10.5 Å². The summed E-state index contributed by atoms with van der Waals surface area (Å²) in [5.74, 6) is -1.15. The van der Waals surface area contributed by atoms with Crippen LogP contribution in [-0.4, -0.2) is 23.1 Å². The molecule has 0 aromatic heterocycles. The molecule has 0 bridgehead atoms. The molecule has 1 aromatic carbocycles. The molecule has 0 spiro atoms. The van der Waals surface area contributed by atoms with E-state index < -0.39 is 18.0 Å². The maximum atomic E-state index is 11.7. The zero-order valence-electron chi connectivity index (χ0n) is 10.7. The predicted molar refractivity (Wildman–Crippen MR) is 79.6 cm³/mol. The van der Waals surface area contributed by atoms with Crippen molar-refractivity contribution >= 4 is 40.9 Å². The first kappa shape index (κ1) is 16.3. The van der Waals surface area contributed by atoms with Gasteiger partial charge in [-0.2, -0.15) is 0 Å². The first-order valence-corrected chi connectivity index (χ1v) is 6.47. The number of aliphatic carboxylic acids is 1. The minimum Gasteiger partial charge on any atom is -0.480 e. The van der Waals surface area contributed by atoms with Crippen LogP contribution in [-0.2, 0) is 4.79 Å². The van der Waals surface area contributed by atoms with Crippen LogP contribution in [0.3, 0.4) is 0 Å². The topological polar surface area (TPSA) is 78.4 Å². The van der Waals surface area contributed by atoms with Crippen LogP contribution in [0.25, 0.3) is 0 Å². The molecule has 20 heavy (non-hydrogen) atoms. The van der Waals surface area contributed by atoms with E-state index in [1.54, 1.807) is 13.0 Å². The van der Waals surface area contributed by atoms with Crippen molar-refractivity contribution in [1.29, 1.82) is 0 Å². The van der Waals surface area contributed by atoms with E-state index >= 15 is 0 Å². The average molecular weight is 317 g/mol. The molecular weight excluding hydrogens is 303 g/mol. The van der Waals surface area contributed by atoms with Gasteiger partial charge in [-0.05, 0) is 31.0 Å². The van der Waals surface area contributed by atoms with Gasteiger partial charge < -0.3 is 15.7 Å². The first-order valence-electron chi connectivity index (χ1n) is 5.72. The zero-order chi connectivity index (χ0) is 15.3. The highest BCUT2D eigenvalue weighted by atomic mass is 35.5. The van der Waals surface area contributed by atoms with Crippen LogP contribution in [0, 0.1) is 6.92 Å². The van der Waals surface area contributed by atoms with E-state index in [9.17, 15) is 9.59 Å². The minimum atomic E-state index is -1.15. The summed E-state index contributed by atoms with van der Waals surface area (Å²) in [4.78, 5) is 22.6. The quantitative estimate of drug-likeness (QED) is 0.728. The van der Waals surface area contributed by atoms with Crippen LogP contribution in [0.1, 0.15) is 12.0 Å². The highest BCUT2D eigenvalue weighted by Crippen LogP contribution is 2.28. The van der Waals surface area contributed by atoms with Gasteiger partial charge in [-0.15, -0.1) is 6.58 Å². The fourth-order valence-electron chi connectivity index (χ4n) is 1.45. The summed E-state index contributed by atoms with van der Waals surface area (Å²) in [6.07, 6.45) is 1.53. The lowest BCUT2D eigenvalue weighted by atomic mass is 10.2. The Balaban J connectivity index is 2.78. The van der Waals surface area contributed by atoms with Crippen molar-refractivity contribution in [3.63, 3.8) is 0 Å². The van der Waals surface area contributed by atoms with Crippen molar-refractivity contribution in [3.05, 3.63) is 40.4 Å². The van der Waals surface area contributed by atoms with Gasteiger partial charge in [0.1, 0.15) is 6.04 Å². The molecule has 0 saturated heterocycles. The molecule has 1 rings (SSSR count). The summed E-state index contributed by atoms with van der Waals surface area (Å²) in [5.41, 5.74) is 1.08. The van der Waals surface area contributed by atoms with E-state index in [1.165, 1.54) is 12.1 Å². The van der Waals surface area contributed by atoms with Gasteiger partial charge in [0.25, 0.3) is 0 Å². The Morgan fingerprint density at radius 2 is 2.05 bits per heavy atom. The van der Waals surface area contributed by atoms with Crippen molar-refractivity contribution in [2.24, 2.45) is 0 Å². The number of halogens is 2. The molecule has 0 fully saturated rings. The summed E-state index contributed by atoms with van der Waals surface area (Å²) in [5, 5.41) is 14.4. The molecule has 5 nitrogen and oxygen atoms in total. The number of nitrogens with one attached hydrogen (secondary N) is 2. The third-order valence-electron chi connectivity index (χ3n) is 2.50. The summed E-state index contributed by atoms with van der Waals surface area (Å²) < 4.78 is 0. The van der Waals surface area contributed by atoms with Crippen LogP contribution in [0.5, 0.6) is 0 Å². The predicted octanol–water partition coefficient (Wildman–Crippen LogP) is 3.45. The number of aryl methyl sites for hydroxylation is 1. The van der Waals surface area contributed by atoms with E-state index in [1.807, 2.05) is 0 Å². The molecule has 1 aromatic rings. The second kappa shape index (κ2) is 7.17. The maximum absolute atomic E-state index is 11.7. The number of carboxylic acids is 1. The molecule has 0 aliphatic heterocycles. The number of hydrogen-bond acceptors (Lipinski definition) is 2. The summed E-state index contributed by atoms with van der Waals surface area (Å²) in [6, 6.07) is 1.38. The summed E-state index contributed by atoms with van der Waals surface area (Å²) in [7, 11) is 0. The molecule has 0 saturated carbocycles. The molecule has 1 atom stereocenters. The minimum absolute atomic E-state index is 0.116. The Kier molecular flexibility index (Phi) is 5.85. The fourth-order valence-corrected chi connectivity index (χ4v) is 1.88. The van der Waals surface area contributed by atoms with Crippen LogP contribution in [0.2, 0.25) is 10.0 Å². The van der Waals surface area contributed by atoms with E-state index in [-0.39, 0.29) is 6.42 Å². The van der Waals surface area contributed by atoms with Gasteiger partial charge in [0.2, 0.25) is 0 Å². The standard InChI is InChI=1S/C13H14Cl2N2O3/c1-3-4-10(12(18)19)16-13(20)17-11-6-8(14)7(2)5-9(11)15/h3,5-6,10H,1,4H2,2H3,(H,18,19)(H2,16,17,20).